The molecule has 0 radical (unpaired) electrons. The fraction of sp³-hybridized carbons (Fsp3) is 0.214. The molecule has 1 saturated heterocycles. The van der Waals surface area contributed by atoms with Crippen molar-refractivity contribution in [1.29, 1.82) is 0 Å². The largest absolute Gasteiger partial charge is 0.497 e. The number of H-pyrrole nitrogens is 1. The predicted octanol–water partition coefficient (Wildman–Crippen LogP) is 3.07. The molecule has 1 aromatic heterocycles. The maximum atomic E-state index is 13.8. The van der Waals surface area contributed by atoms with Gasteiger partial charge in [0, 0.05) is 22.9 Å². The van der Waals surface area contributed by atoms with E-state index in [9.17, 15) is 4.79 Å². The second-order valence-corrected chi connectivity index (χ2v) is 9.01. The molecular formula is C28H27N4O3+. The van der Waals surface area contributed by atoms with Crippen LogP contribution in [0, 0.1) is 0 Å². The predicted molar refractivity (Wildman–Crippen MR) is 134 cm³/mol. The number of amides is 1. The average molecular weight is 468 g/mol. The fourth-order valence-electron chi connectivity index (χ4n) is 5.36. The van der Waals surface area contributed by atoms with Crippen LogP contribution in [0.2, 0.25) is 0 Å². The lowest BCUT2D eigenvalue weighted by Gasteiger charge is -2.29. The fourth-order valence-corrected chi connectivity index (χ4v) is 5.36. The molecule has 4 aromatic rings. The minimum atomic E-state index is -0.229. The summed E-state index contributed by atoms with van der Waals surface area (Å²) in [5, 5.41) is 7.59. The molecule has 1 fully saturated rings. The number of nitrogens with one attached hydrogen (secondary N) is 2. The summed E-state index contributed by atoms with van der Waals surface area (Å²) < 4.78 is 10.6. The summed E-state index contributed by atoms with van der Waals surface area (Å²) >= 11 is 0. The third-order valence-corrected chi connectivity index (χ3v) is 7.14. The average Bonchev–Trinajstić information content (AvgIpc) is 3.40. The number of quaternary nitrogens is 1. The Morgan fingerprint density at radius 1 is 0.971 bits per heavy atom. The van der Waals surface area contributed by atoms with Crippen LogP contribution in [0.15, 0.2) is 77.9 Å². The molecule has 3 heterocycles. The third kappa shape index (κ3) is 3.65. The highest BCUT2D eigenvalue weighted by Gasteiger charge is 2.53. The van der Waals surface area contributed by atoms with Gasteiger partial charge in [-0.25, -0.2) is 0 Å². The molecule has 3 aromatic carbocycles. The van der Waals surface area contributed by atoms with Gasteiger partial charge < -0.3 is 14.5 Å². The van der Waals surface area contributed by atoms with Crippen molar-refractivity contribution < 1.29 is 19.2 Å². The van der Waals surface area contributed by atoms with Crippen molar-refractivity contribution in [3.05, 3.63) is 95.2 Å². The number of benzene rings is 3. The Morgan fingerprint density at radius 2 is 1.66 bits per heavy atom. The summed E-state index contributed by atoms with van der Waals surface area (Å²) in [6.45, 7) is 0.728. The first-order chi connectivity index (χ1) is 17.2. The van der Waals surface area contributed by atoms with Crippen LogP contribution in [0.3, 0.4) is 0 Å². The third-order valence-electron chi connectivity index (χ3n) is 7.14. The number of rotatable bonds is 5. The van der Waals surface area contributed by atoms with E-state index in [0.29, 0.717) is 6.42 Å². The number of ether oxygens (including phenoxy) is 2. The van der Waals surface area contributed by atoms with Crippen molar-refractivity contribution in [2.75, 3.05) is 14.2 Å². The van der Waals surface area contributed by atoms with Crippen molar-refractivity contribution in [3.8, 4) is 11.5 Å². The van der Waals surface area contributed by atoms with Crippen LogP contribution < -0.4 is 14.4 Å². The number of hydrogen-bond acceptors (Lipinski definition) is 4. The summed E-state index contributed by atoms with van der Waals surface area (Å²) in [4.78, 5) is 18.6. The maximum absolute atomic E-state index is 13.8. The summed E-state index contributed by atoms with van der Waals surface area (Å²) in [5.41, 5.74) is 5.51. The molecule has 0 aliphatic carbocycles. The van der Waals surface area contributed by atoms with Crippen molar-refractivity contribution >= 4 is 23.0 Å². The summed E-state index contributed by atoms with van der Waals surface area (Å²) in [6, 6.07) is 23.7. The van der Waals surface area contributed by atoms with E-state index in [-0.39, 0.29) is 18.1 Å². The zero-order valence-electron chi connectivity index (χ0n) is 19.7. The number of para-hydroxylation sites is 1. The smallest absolute Gasteiger partial charge is 0.306 e. The molecule has 1 unspecified atom stereocenters. The molecule has 2 aliphatic heterocycles. The normalized spacial score (nSPS) is 21.4. The Bertz CT molecular complexity index is 1410. The van der Waals surface area contributed by atoms with Crippen LogP contribution in [0.25, 0.3) is 10.9 Å². The Kier molecular flexibility index (Phi) is 5.26. The van der Waals surface area contributed by atoms with Crippen molar-refractivity contribution in [3.63, 3.8) is 0 Å². The number of nitrogens with zero attached hydrogens (tertiary/aromatic N) is 2. The number of hydrazone groups is 1. The SMILES string of the molecule is COc1ccc(/C=N\N2C(=O)[C@H]3Cc4c([nH]c5ccccc45)C[NH+]3[C@@H]2c2ccc(OC)cc2)cc1. The molecule has 0 spiro atoms. The first-order valence-electron chi connectivity index (χ1n) is 11.8. The van der Waals surface area contributed by atoms with Gasteiger partial charge in [-0.05, 0) is 65.7 Å². The number of fused-ring (bicyclic) bond motifs is 4. The van der Waals surface area contributed by atoms with Crippen LogP contribution in [-0.2, 0) is 17.8 Å². The van der Waals surface area contributed by atoms with E-state index in [1.807, 2.05) is 54.6 Å². The van der Waals surface area contributed by atoms with Gasteiger partial charge in [-0.1, -0.05) is 18.2 Å². The van der Waals surface area contributed by atoms with E-state index in [1.54, 1.807) is 25.4 Å². The molecule has 3 atom stereocenters. The van der Waals surface area contributed by atoms with E-state index in [1.165, 1.54) is 21.5 Å². The Morgan fingerprint density at radius 3 is 2.37 bits per heavy atom. The van der Waals surface area contributed by atoms with Gasteiger partial charge in [0.25, 0.3) is 0 Å². The molecule has 6 rings (SSSR count). The molecule has 0 saturated carbocycles. The zero-order chi connectivity index (χ0) is 23.9. The van der Waals surface area contributed by atoms with Crippen molar-refractivity contribution in [1.82, 2.24) is 9.99 Å². The van der Waals surface area contributed by atoms with Crippen LogP contribution >= 0.6 is 0 Å². The topological polar surface area (TPSA) is 71.4 Å². The van der Waals surface area contributed by atoms with Gasteiger partial charge in [0.1, 0.15) is 18.0 Å². The van der Waals surface area contributed by atoms with Gasteiger partial charge in [0.2, 0.25) is 6.17 Å². The van der Waals surface area contributed by atoms with Gasteiger partial charge in [-0.15, -0.1) is 0 Å². The lowest BCUT2D eigenvalue weighted by molar-refractivity contribution is -0.960. The monoisotopic (exact) mass is 467 g/mol. The first kappa shape index (κ1) is 21.4. The highest BCUT2D eigenvalue weighted by molar-refractivity contribution is 5.89. The van der Waals surface area contributed by atoms with Gasteiger partial charge in [-0.2, -0.15) is 10.1 Å². The van der Waals surface area contributed by atoms with Crippen molar-refractivity contribution in [2.24, 2.45) is 5.10 Å². The molecule has 35 heavy (non-hydrogen) atoms. The lowest BCUT2D eigenvalue weighted by atomic mass is 9.97. The highest BCUT2D eigenvalue weighted by Crippen LogP contribution is 2.31. The van der Waals surface area contributed by atoms with E-state index in [0.717, 1.165) is 34.7 Å². The summed E-state index contributed by atoms with van der Waals surface area (Å²) in [6.07, 6.45) is 2.21. The Balaban J connectivity index is 1.39. The zero-order valence-corrected chi connectivity index (χ0v) is 19.7. The number of aromatic nitrogens is 1. The quantitative estimate of drug-likeness (QED) is 0.443. The van der Waals surface area contributed by atoms with E-state index < -0.39 is 0 Å². The van der Waals surface area contributed by atoms with E-state index in [4.69, 9.17) is 14.6 Å². The molecule has 7 nitrogen and oxygen atoms in total. The van der Waals surface area contributed by atoms with Gasteiger partial charge in [0.15, 0.2) is 6.04 Å². The number of carbonyl (C=O) groups is 1. The number of methoxy groups -OCH3 is 2. The van der Waals surface area contributed by atoms with E-state index in [2.05, 4.69) is 23.2 Å². The van der Waals surface area contributed by atoms with Crippen LogP contribution in [0.5, 0.6) is 11.5 Å². The van der Waals surface area contributed by atoms with Gasteiger partial charge >= 0.3 is 5.91 Å². The lowest BCUT2D eigenvalue weighted by Crippen LogP contribution is -3.14. The summed E-state index contributed by atoms with van der Waals surface area (Å²) in [7, 11) is 3.30. The number of hydrogen-bond donors (Lipinski definition) is 2. The molecule has 2 N–H and O–H groups in total. The van der Waals surface area contributed by atoms with Crippen LogP contribution in [0.4, 0.5) is 0 Å². The van der Waals surface area contributed by atoms with Crippen LogP contribution in [0.1, 0.15) is 28.6 Å². The molecular weight excluding hydrogens is 440 g/mol. The van der Waals surface area contributed by atoms with Gasteiger partial charge in [-0.3, -0.25) is 9.69 Å². The minimum absolute atomic E-state index is 0.0431. The van der Waals surface area contributed by atoms with Crippen LogP contribution in [-0.4, -0.2) is 42.4 Å². The first-order valence-corrected chi connectivity index (χ1v) is 11.8. The second kappa shape index (κ2) is 8.60. The minimum Gasteiger partial charge on any atom is -0.497 e. The number of aromatic amines is 1. The van der Waals surface area contributed by atoms with Crippen molar-refractivity contribution in [2.45, 2.75) is 25.2 Å². The van der Waals surface area contributed by atoms with E-state index >= 15 is 0 Å². The molecule has 2 aliphatic rings. The number of carbonyl (C=O) groups excluding carboxylic acids is 1. The Labute approximate surface area is 203 Å². The molecule has 7 heteroatoms. The highest BCUT2D eigenvalue weighted by atomic mass is 16.5. The van der Waals surface area contributed by atoms with Gasteiger partial charge in [0.05, 0.1) is 26.1 Å². The molecule has 0 bridgehead atoms. The molecule has 176 valence electrons. The summed E-state index contributed by atoms with van der Waals surface area (Å²) in [5.74, 6) is 1.61. The standard InChI is InChI=1S/C28H26N4O3/c1-34-20-11-7-18(8-12-20)16-29-32-27(19-9-13-21(35-2)14-10-19)31-17-25-23(15-26(31)28(32)33)22-5-3-4-6-24(22)30-25/h3-14,16,26-27,30H,15,17H2,1-2H3/p+1/b29-16-/t26-,27+/m1/s1. The second-order valence-electron chi connectivity index (χ2n) is 9.01. The molecule has 1 amide bonds. The Hall–Kier alpha value is -4.10. The maximum Gasteiger partial charge on any atom is 0.306 e.